The van der Waals surface area contributed by atoms with Crippen LogP contribution in [-0.4, -0.2) is 50.7 Å². The van der Waals surface area contributed by atoms with Gasteiger partial charge in [0.2, 0.25) is 11.9 Å². The molecule has 36 heavy (non-hydrogen) atoms. The lowest BCUT2D eigenvalue weighted by molar-refractivity contribution is -0.118. The molecule has 0 unspecified atom stereocenters. The summed E-state index contributed by atoms with van der Waals surface area (Å²) in [4.78, 5) is 37.0. The lowest BCUT2D eigenvalue weighted by Crippen LogP contribution is -2.39. The number of hydrogen-bond donors (Lipinski definition) is 4. The fourth-order valence-corrected chi connectivity index (χ4v) is 3.66. The van der Waals surface area contributed by atoms with Gasteiger partial charge in [0.25, 0.3) is 11.5 Å². The third kappa shape index (κ3) is 7.07. The minimum Gasteiger partial charge on any atom is -0.484 e. The lowest BCUT2D eigenvalue weighted by atomic mass is 10.0. The highest BCUT2D eigenvalue weighted by atomic mass is 16.5. The Morgan fingerprint density at radius 1 is 1.06 bits per heavy atom. The standard InChI is InChI=1S/C26H39N7O3/c1-16(2)17-9-11-18(12-10-17)36-15-19(34)29-23-31-21-20(22(35)32-23)30-24(33(21)26(6,7)8)27-13-14-28-25(3,4)5/h9-12,16,28H,13-15H2,1-8H3,(H,27,30)(H2,29,31,32,34,35). The van der Waals surface area contributed by atoms with E-state index in [1.54, 1.807) is 0 Å². The molecule has 3 aromatic rings. The number of benzene rings is 1. The highest BCUT2D eigenvalue weighted by Crippen LogP contribution is 2.26. The molecule has 0 aliphatic rings. The molecule has 0 spiro atoms. The zero-order chi connectivity index (χ0) is 26.7. The summed E-state index contributed by atoms with van der Waals surface area (Å²) in [6, 6.07) is 7.62. The Morgan fingerprint density at radius 2 is 1.72 bits per heavy atom. The fraction of sp³-hybridized carbons (Fsp3) is 0.538. The molecule has 0 saturated carbocycles. The summed E-state index contributed by atoms with van der Waals surface area (Å²) in [6.07, 6.45) is 0. The van der Waals surface area contributed by atoms with Gasteiger partial charge in [-0.1, -0.05) is 26.0 Å². The number of nitrogens with one attached hydrogen (secondary N) is 4. The van der Waals surface area contributed by atoms with Gasteiger partial charge in [0.1, 0.15) is 5.75 Å². The highest BCUT2D eigenvalue weighted by Gasteiger charge is 2.25. The van der Waals surface area contributed by atoms with Crippen LogP contribution in [0.3, 0.4) is 0 Å². The number of imidazole rings is 1. The number of hydrogen-bond acceptors (Lipinski definition) is 7. The Labute approximate surface area is 212 Å². The largest absolute Gasteiger partial charge is 0.484 e. The molecule has 0 atom stereocenters. The van der Waals surface area contributed by atoms with E-state index in [0.717, 1.165) is 6.54 Å². The van der Waals surface area contributed by atoms with Gasteiger partial charge in [0.15, 0.2) is 17.8 Å². The van der Waals surface area contributed by atoms with Crippen molar-refractivity contribution in [3.05, 3.63) is 40.2 Å². The Balaban J connectivity index is 1.76. The van der Waals surface area contributed by atoms with Crippen molar-refractivity contribution >= 4 is 29.0 Å². The van der Waals surface area contributed by atoms with Crippen molar-refractivity contribution in [1.82, 2.24) is 24.8 Å². The molecule has 1 amide bonds. The maximum absolute atomic E-state index is 12.8. The molecule has 10 nitrogen and oxygen atoms in total. The van der Waals surface area contributed by atoms with E-state index >= 15 is 0 Å². The van der Waals surface area contributed by atoms with Gasteiger partial charge in [-0.3, -0.25) is 24.5 Å². The number of rotatable bonds is 9. The molecule has 196 valence electrons. The van der Waals surface area contributed by atoms with Crippen LogP contribution in [0.2, 0.25) is 0 Å². The average molecular weight is 498 g/mol. The maximum atomic E-state index is 12.8. The molecule has 0 saturated heterocycles. The first kappa shape index (κ1) is 27.2. The number of anilines is 2. The minimum absolute atomic E-state index is 0.00109. The second-order valence-electron chi connectivity index (χ2n) is 11.2. The van der Waals surface area contributed by atoms with Crippen molar-refractivity contribution in [1.29, 1.82) is 0 Å². The third-order valence-corrected chi connectivity index (χ3v) is 5.43. The summed E-state index contributed by atoms with van der Waals surface area (Å²) >= 11 is 0. The normalized spacial score (nSPS) is 12.2. The number of carbonyl (C=O) groups is 1. The van der Waals surface area contributed by atoms with Crippen LogP contribution in [0.5, 0.6) is 5.75 Å². The summed E-state index contributed by atoms with van der Waals surface area (Å²) in [6.45, 7) is 17.7. The second kappa shape index (κ2) is 10.7. The number of carbonyl (C=O) groups excluding carboxylic acids is 1. The summed E-state index contributed by atoms with van der Waals surface area (Å²) in [5.41, 5.74) is 0.936. The molecule has 3 rings (SSSR count). The first-order chi connectivity index (χ1) is 16.7. The lowest BCUT2D eigenvalue weighted by Gasteiger charge is -2.25. The van der Waals surface area contributed by atoms with Crippen molar-refractivity contribution in [3.8, 4) is 5.75 Å². The number of aromatic nitrogens is 4. The molecule has 0 radical (unpaired) electrons. The van der Waals surface area contributed by atoms with Crippen molar-refractivity contribution in [2.45, 2.75) is 72.4 Å². The number of H-pyrrole nitrogens is 1. The van der Waals surface area contributed by atoms with Crippen molar-refractivity contribution in [3.63, 3.8) is 0 Å². The number of amides is 1. The summed E-state index contributed by atoms with van der Waals surface area (Å²) < 4.78 is 7.46. The summed E-state index contributed by atoms with van der Waals surface area (Å²) in [5.74, 6) is 1.16. The first-order valence-electron chi connectivity index (χ1n) is 12.3. The maximum Gasteiger partial charge on any atom is 0.280 e. The van der Waals surface area contributed by atoms with Gasteiger partial charge in [-0.2, -0.15) is 4.98 Å². The van der Waals surface area contributed by atoms with Gasteiger partial charge in [-0.05, 0) is 65.2 Å². The molecular formula is C26H39N7O3. The van der Waals surface area contributed by atoms with Crippen LogP contribution in [0.25, 0.3) is 11.2 Å². The Bertz CT molecular complexity index is 1250. The molecule has 0 aliphatic heterocycles. The van der Waals surface area contributed by atoms with E-state index in [0.29, 0.717) is 29.8 Å². The average Bonchev–Trinajstić information content (AvgIpc) is 3.14. The van der Waals surface area contributed by atoms with Gasteiger partial charge in [-0.25, -0.2) is 4.98 Å². The van der Waals surface area contributed by atoms with Gasteiger partial charge in [-0.15, -0.1) is 0 Å². The third-order valence-electron chi connectivity index (χ3n) is 5.43. The molecule has 4 N–H and O–H groups in total. The molecule has 0 aliphatic carbocycles. The van der Waals surface area contributed by atoms with Crippen LogP contribution in [-0.2, 0) is 10.3 Å². The molecule has 2 aromatic heterocycles. The zero-order valence-corrected chi connectivity index (χ0v) is 22.6. The quantitative estimate of drug-likeness (QED) is 0.331. The van der Waals surface area contributed by atoms with Crippen LogP contribution in [0, 0.1) is 0 Å². The van der Waals surface area contributed by atoms with Crippen molar-refractivity contribution < 1.29 is 9.53 Å². The number of aromatic amines is 1. The molecule has 0 fully saturated rings. The van der Waals surface area contributed by atoms with E-state index in [9.17, 15) is 9.59 Å². The highest BCUT2D eigenvalue weighted by molar-refractivity contribution is 5.91. The van der Waals surface area contributed by atoms with E-state index in [2.05, 4.69) is 65.5 Å². The van der Waals surface area contributed by atoms with Crippen LogP contribution < -0.4 is 26.2 Å². The van der Waals surface area contributed by atoms with Crippen molar-refractivity contribution in [2.75, 3.05) is 30.3 Å². The number of fused-ring (bicyclic) bond motifs is 1. The van der Waals surface area contributed by atoms with Crippen molar-refractivity contribution in [2.24, 2.45) is 0 Å². The van der Waals surface area contributed by atoms with Crippen LogP contribution in [0.15, 0.2) is 29.1 Å². The van der Waals surface area contributed by atoms with Crippen LogP contribution >= 0.6 is 0 Å². The topological polar surface area (TPSA) is 126 Å². The van der Waals surface area contributed by atoms with Crippen LogP contribution in [0.4, 0.5) is 11.9 Å². The monoisotopic (exact) mass is 497 g/mol. The molecular weight excluding hydrogens is 458 g/mol. The van der Waals surface area contributed by atoms with E-state index in [-0.39, 0.29) is 23.6 Å². The Hall–Kier alpha value is -3.40. The smallest absolute Gasteiger partial charge is 0.280 e. The number of ether oxygens (including phenoxy) is 1. The van der Waals surface area contributed by atoms with Gasteiger partial charge < -0.3 is 15.4 Å². The van der Waals surface area contributed by atoms with Gasteiger partial charge >= 0.3 is 0 Å². The van der Waals surface area contributed by atoms with E-state index in [1.807, 2.05) is 49.6 Å². The van der Waals surface area contributed by atoms with E-state index in [4.69, 9.17) is 4.74 Å². The Morgan fingerprint density at radius 3 is 2.31 bits per heavy atom. The predicted octanol–water partition coefficient (Wildman–Crippen LogP) is 3.82. The Kier molecular flexibility index (Phi) is 8.08. The van der Waals surface area contributed by atoms with Gasteiger partial charge in [0.05, 0.1) is 0 Å². The van der Waals surface area contributed by atoms with Crippen LogP contribution in [0.1, 0.15) is 66.9 Å². The van der Waals surface area contributed by atoms with Gasteiger partial charge in [0, 0.05) is 24.2 Å². The molecule has 1 aromatic carbocycles. The SMILES string of the molecule is CC(C)c1ccc(OCC(=O)Nc2nc3c(nc(NCCNC(C)(C)C)n3C(C)(C)C)c(=O)[nH]2)cc1. The first-order valence-corrected chi connectivity index (χ1v) is 12.3. The number of nitrogens with zero attached hydrogens (tertiary/aromatic N) is 3. The molecule has 10 heteroatoms. The zero-order valence-electron chi connectivity index (χ0n) is 22.6. The summed E-state index contributed by atoms with van der Waals surface area (Å²) in [5, 5.41) is 9.35. The van der Waals surface area contributed by atoms with E-state index in [1.165, 1.54) is 5.56 Å². The fourth-order valence-electron chi connectivity index (χ4n) is 3.66. The minimum atomic E-state index is -0.432. The molecule has 0 bridgehead atoms. The predicted molar refractivity (Wildman–Crippen MR) is 144 cm³/mol. The molecule has 2 heterocycles. The summed E-state index contributed by atoms with van der Waals surface area (Å²) in [7, 11) is 0. The second-order valence-corrected chi connectivity index (χ2v) is 11.2. The van der Waals surface area contributed by atoms with E-state index < -0.39 is 17.0 Å².